The summed E-state index contributed by atoms with van der Waals surface area (Å²) in [6.07, 6.45) is -2.65. The molecule has 1 aromatic carbocycles. The molecule has 1 N–H and O–H groups in total. The number of hydrogen-bond donors (Lipinski definition) is 1. The predicted molar refractivity (Wildman–Crippen MR) is 125 cm³/mol. The van der Waals surface area contributed by atoms with E-state index in [-0.39, 0.29) is 18.0 Å². The summed E-state index contributed by atoms with van der Waals surface area (Å²) in [5.41, 5.74) is 0.373. The molecule has 37 heavy (non-hydrogen) atoms. The Kier molecular flexibility index (Phi) is 9.00. The molecule has 1 fully saturated rings. The van der Waals surface area contributed by atoms with Gasteiger partial charge < -0.3 is 19.3 Å². The lowest BCUT2D eigenvalue weighted by Gasteiger charge is -2.32. The smallest absolute Gasteiger partial charge is 0.483 e. The van der Waals surface area contributed by atoms with Gasteiger partial charge in [-0.15, -0.1) is 0 Å². The molecule has 0 radical (unpaired) electrons. The first-order valence-electron chi connectivity index (χ1n) is 11.2. The van der Waals surface area contributed by atoms with E-state index in [0.29, 0.717) is 31.3 Å². The van der Waals surface area contributed by atoms with Gasteiger partial charge in [0.1, 0.15) is 16.2 Å². The van der Waals surface area contributed by atoms with Gasteiger partial charge in [-0.05, 0) is 18.2 Å². The maximum Gasteiger partial charge on any atom is 0.490 e. The molecule has 204 valence electrons. The molecule has 0 bridgehead atoms. The van der Waals surface area contributed by atoms with Crippen LogP contribution in [0.3, 0.4) is 0 Å². The lowest BCUT2D eigenvalue weighted by Crippen LogP contribution is -2.49. The maximum atomic E-state index is 13.3. The summed E-state index contributed by atoms with van der Waals surface area (Å²) in [6.45, 7) is 2.96. The Morgan fingerprint density at radius 2 is 1.89 bits per heavy atom. The summed E-state index contributed by atoms with van der Waals surface area (Å²) >= 11 is 0. The van der Waals surface area contributed by atoms with Crippen LogP contribution in [-0.4, -0.2) is 92.5 Å². The topological polar surface area (TPSA) is 118 Å². The highest BCUT2D eigenvalue weighted by molar-refractivity contribution is 7.89. The number of aliphatic carboxylic acids is 1. The fraction of sp³-hybridized carbons (Fsp3) is 0.478. The molecule has 0 aliphatic carbocycles. The van der Waals surface area contributed by atoms with Crippen molar-refractivity contribution in [2.45, 2.75) is 29.6 Å². The summed E-state index contributed by atoms with van der Waals surface area (Å²) in [5, 5.41) is 7.12. The minimum atomic E-state index is -5.08. The van der Waals surface area contributed by atoms with Gasteiger partial charge in [0, 0.05) is 51.5 Å². The normalized spacial score (nSPS) is 21.3. The predicted octanol–water partition coefficient (Wildman–Crippen LogP) is 2.40. The van der Waals surface area contributed by atoms with Gasteiger partial charge >= 0.3 is 12.1 Å². The van der Waals surface area contributed by atoms with Crippen LogP contribution >= 0.6 is 0 Å². The molecule has 4 rings (SSSR count). The number of fused-ring (bicyclic) bond motifs is 1. The zero-order valence-corrected chi connectivity index (χ0v) is 21.1. The van der Waals surface area contributed by atoms with E-state index in [9.17, 15) is 21.6 Å². The number of methoxy groups -OCH3 is 2. The van der Waals surface area contributed by atoms with E-state index in [4.69, 9.17) is 24.1 Å². The van der Waals surface area contributed by atoms with E-state index in [1.54, 1.807) is 44.7 Å². The number of pyridine rings is 1. The molecule has 14 heteroatoms. The molecule has 3 heterocycles. The average molecular weight is 548 g/mol. The van der Waals surface area contributed by atoms with Crippen molar-refractivity contribution in [2.75, 3.05) is 47.0 Å². The largest absolute Gasteiger partial charge is 0.490 e. The third kappa shape index (κ3) is 6.89. The van der Waals surface area contributed by atoms with E-state index in [1.807, 2.05) is 12.1 Å². The van der Waals surface area contributed by atoms with Crippen molar-refractivity contribution in [3.8, 4) is 11.6 Å². The van der Waals surface area contributed by atoms with E-state index in [0.717, 1.165) is 18.5 Å². The Balaban J connectivity index is 0.000000479. The number of hydrogen-bond acceptors (Lipinski definition) is 8. The van der Waals surface area contributed by atoms with Crippen molar-refractivity contribution in [2.24, 2.45) is 0 Å². The third-order valence-electron chi connectivity index (χ3n) is 5.88. The molecule has 1 atom stereocenters. The molecular formula is C23H28F3N3O7S. The number of ether oxygens (including phenoxy) is 3. The number of halogens is 3. The van der Waals surface area contributed by atoms with Gasteiger partial charge in [-0.25, -0.2) is 18.2 Å². The number of likely N-dealkylation sites (tertiary alicyclic amines) is 1. The summed E-state index contributed by atoms with van der Waals surface area (Å²) in [5.74, 6) is -1.74. The minimum Gasteiger partial charge on any atom is -0.483 e. The van der Waals surface area contributed by atoms with Crippen LogP contribution in [0.2, 0.25) is 0 Å². The average Bonchev–Trinajstić information content (AvgIpc) is 3.20. The second kappa shape index (κ2) is 11.6. The summed E-state index contributed by atoms with van der Waals surface area (Å²) < 4.78 is 76.8. The highest BCUT2D eigenvalue weighted by atomic mass is 32.2. The number of para-hydroxylation sites is 1. The first-order valence-corrected chi connectivity index (χ1v) is 12.6. The molecule has 1 spiro atoms. The molecule has 0 saturated carbocycles. The van der Waals surface area contributed by atoms with Crippen LogP contribution < -0.4 is 9.47 Å². The molecule has 10 nitrogen and oxygen atoms in total. The van der Waals surface area contributed by atoms with Gasteiger partial charge in [0.25, 0.3) is 0 Å². The number of nitrogens with zero attached hydrogens (tertiary/aromatic N) is 3. The number of sulfonamides is 1. The SMILES string of the molecule is COCCN1CC2(CCN(Cc3cccnc3OC)C2)Oc2ccccc2S1(=O)=O.O=C(O)C(F)(F)F. The van der Waals surface area contributed by atoms with Gasteiger partial charge in [0.05, 0.1) is 20.3 Å². The van der Waals surface area contributed by atoms with Crippen molar-refractivity contribution in [1.29, 1.82) is 0 Å². The lowest BCUT2D eigenvalue weighted by atomic mass is 10.0. The van der Waals surface area contributed by atoms with Gasteiger partial charge in [0.2, 0.25) is 15.9 Å². The number of carboxylic acids is 1. The minimum absolute atomic E-state index is 0.213. The maximum absolute atomic E-state index is 13.3. The first-order chi connectivity index (χ1) is 17.4. The fourth-order valence-corrected chi connectivity index (χ4v) is 5.81. The molecule has 1 unspecified atom stereocenters. The second-order valence-corrected chi connectivity index (χ2v) is 10.4. The number of alkyl halides is 3. The van der Waals surface area contributed by atoms with E-state index in [2.05, 4.69) is 9.88 Å². The van der Waals surface area contributed by atoms with Crippen molar-refractivity contribution < 1.29 is 45.7 Å². The van der Waals surface area contributed by atoms with Crippen LogP contribution in [0.25, 0.3) is 0 Å². The number of aromatic nitrogens is 1. The first kappa shape index (κ1) is 28.6. The van der Waals surface area contributed by atoms with Crippen molar-refractivity contribution in [1.82, 2.24) is 14.2 Å². The van der Waals surface area contributed by atoms with Gasteiger partial charge in [-0.1, -0.05) is 18.2 Å². The molecule has 1 saturated heterocycles. The molecule has 2 aliphatic rings. The second-order valence-electron chi connectivity index (χ2n) is 8.50. The molecule has 2 aliphatic heterocycles. The highest BCUT2D eigenvalue weighted by Crippen LogP contribution is 2.38. The van der Waals surface area contributed by atoms with Crippen LogP contribution in [0.1, 0.15) is 12.0 Å². The van der Waals surface area contributed by atoms with E-state index < -0.39 is 27.8 Å². The van der Waals surface area contributed by atoms with Gasteiger partial charge in [-0.2, -0.15) is 17.5 Å². The molecular weight excluding hydrogens is 519 g/mol. The number of rotatable bonds is 6. The van der Waals surface area contributed by atoms with E-state index in [1.165, 1.54) is 4.31 Å². The number of carbonyl (C=O) groups is 1. The molecule has 1 aromatic heterocycles. The zero-order valence-electron chi connectivity index (χ0n) is 20.3. The fourth-order valence-electron chi connectivity index (χ4n) is 4.19. The van der Waals surface area contributed by atoms with Crippen LogP contribution in [0.15, 0.2) is 47.5 Å². The zero-order chi connectivity index (χ0) is 27.3. The molecule has 0 amide bonds. The monoisotopic (exact) mass is 547 g/mol. The quantitative estimate of drug-likeness (QED) is 0.582. The van der Waals surface area contributed by atoms with Crippen molar-refractivity contribution >= 4 is 16.0 Å². The standard InChI is InChI=1S/C21H27N3O5S.C2HF3O2/c1-27-13-12-24-16-21(29-18-7-3-4-8-19(18)30(24,25)26)9-11-23(15-21)14-17-6-5-10-22-20(17)28-2;3-2(4,5)1(6)7/h3-8,10H,9,11-16H2,1-2H3;(H,6,7). The van der Waals surface area contributed by atoms with Crippen LogP contribution in [0.4, 0.5) is 13.2 Å². The van der Waals surface area contributed by atoms with Crippen LogP contribution in [0, 0.1) is 0 Å². The Morgan fingerprint density at radius 3 is 2.54 bits per heavy atom. The Labute approximate surface area is 212 Å². The van der Waals surface area contributed by atoms with Crippen LogP contribution in [-0.2, 0) is 26.1 Å². The number of benzene rings is 1. The van der Waals surface area contributed by atoms with Crippen molar-refractivity contribution in [3.05, 3.63) is 48.2 Å². The summed E-state index contributed by atoms with van der Waals surface area (Å²) in [7, 11) is -0.477. The Bertz CT molecular complexity index is 1200. The Hall–Kier alpha value is -2.94. The van der Waals surface area contributed by atoms with Crippen LogP contribution in [0.5, 0.6) is 11.6 Å². The van der Waals surface area contributed by atoms with E-state index >= 15 is 0 Å². The lowest BCUT2D eigenvalue weighted by molar-refractivity contribution is -0.192. The summed E-state index contributed by atoms with van der Waals surface area (Å²) in [4.78, 5) is 15.6. The Morgan fingerprint density at radius 1 is 1.19 bits per heavy atom. The third-order valence-corrected chi connectivity index (χ3v) is 7.76. The summed E-state index contributed by atoms with van der Waals surface area (Å²) in [6, 6.07) is 10.8. The molecule has 2 aromatic rings. The highest BCUT2D eigenvalue weighted by Gasteiger charge is 2.47. The van der Waals surface area contributed by atoms with Crippen molar-refractivity contribution in [3.63, 3.8) is 0 Å². The van der Waals surface area contributed by atoms with Gasteiger partial charge in [0.15, 0.2) is 0 Å². The van der Waals surface area contributed by atoms with Gasteiger partial charge in [-0.3, -0.25) is 4.90 Å². The number of carboxylic acid groups (broad SMARTS) is 1.